The van der Waals surface area contributed by atoms with E-state index in [1.807, 2.05) is 13.8 Å². The van der Waals surface area contributed by atoms with Crippen LogP contribution in [-0.4, -0.2) is 79.2 Å². The molecule has 1 aliphatic carbocycles. The molecule has 0 spiro atoms. The van der Waals surface area contributed by atoms with Gasteiger partial charge >= 0.3 is 0 Å². The molecule has 0 aromatic heterocycles. The van der Waals surface area contributed by atoms with Crippen LogP contribution in [0.25, 0.3) is 0 Å². The van der Waals surface area contributed by atoms with Gasteiger partial charge in [-0.2, -0.15) is 0 Å². The maximum absolute atomic E-state index is 14.9. The highest BCUT2D eigenvalue weighted by Gasteiger charge is 2.55. The number of piperazine rings is 1. The third-order valence-corrected chi connectivity index (χ3v) is 12.8. The normalized spacial score (nSPS) is 21.8. The number of hydrogen-bond donors (Lipinski definition) is 3. The molecule has 0 bridgehead atoms. The van der Waals surface area contributed by atoms with Crippen molar-refractivity contribution in [3.05, 3.63) is 92.9 Å². The van der Waals surface area contributed by atoms with Crippen LogP contribution in [0.3, 0.4) is 0 Å². The number of carbonyl (C=O) groups excluding carboxylic acids is 4. The van der Waals surface area contributed by atoms with E-state index >= 15 is 0 Å². The average Bonchev–Trinajstić information content (AvgIpc) is 3.63. The number of nitrogens with zero attached hydrogens (tertiary/aromatic N) is 2. The monoisotopic (exact) mass is 773 g/mol. The Morgan fingerprint density at radius 3 is 2.16 bits per heavy atom. The van der Waals surface area contributed by atoms with Crippen molar-refractivity contribution in [1.82, 2.24) is 20.4 Å². The summed E-state index contributed by atoms with van der Waals surface area (Å²) in [6.45, 7) is 3.87. The summed E-state index contributed by atoms with van der Waals surface area (Å²) in [5, 5.41) is 7.85. The smallest absolute Gasteiger partial charge is 0.255 e. The number of rotatable bonds is 9. The first-order chi connectivity index (χ1) is 24.3. The summed E-state index contributed by atoms with van der Waals surface area (Å²) >= 11 is 18.6. The largest absolute Gasteiger partial charge is 0.343 e. The van der Waals surface area contributed by atoms with Gasteiger partial charge in [0.05, 0.1) is 16.5 Å². The molecule has 3 aliphatic rings. The molecule has 3 aromatic carbocycles. The Kier molecular flexibility index (Phi) is 11.0. The molecule has 6 rings (SSSR count). The van der Waals surface area contributed by atoms with E-state index < -0.39 is 51.1 Å². The van der Waals surface area contributed by atoms with Gasteiger partial charge in [-0.1, -0.05) is 59.8 Å². The van der Waals surface area contributed by atoms with E-state index in [1.165, 1.54) is 47.4 Å². The molecular weight excluding hydrogens is 737 g/mol. The van der Waals surface area contributed by atoms with Gasteiger partial charge in [0, 0.05) is 39.8 Å². The Morgan fingerprint density at radius 2 is 1.53 bits per heavy atom. The second-order valence-corrected chi connectivity index (χ2v) is 16.7. The maximum Gasteiger partial charge on any atom is 0.255 e. The summed E-state index contributed by atoms with van der Waals surface area (Å²) in [5.74, 6) is -1.98. The molecule has 4 unspecified atom stereocenters. The van der Waals surface area contributed by atoms with Crippen molar-refractivity contribution in [3.63, 3.8) is 0 Å². The predicted molar refractivity (Wildman–Crippen MR) is 195 cm³/mol. The zero-order valence-electron chi connectivity index (χ0n) is 27.9. The summed E-state index contributed by atoms with van der Waals surface area (Å²) in [7, 11) is -4.54. The lowest BCUT2D eigenvalue weighted by Gasteiger charge is -2.52. The Morgan fingerprint density at radius 1 is 0.882 bits per heavy atom. The molecule has 3 aromatic rings. The van der Waals surface area contributed by atoms with Crippen molar-refractivity contribution < 1.29 is 27.6 Å². The number of nitrogens with one attached hydrogen (secondary N) is 3. The van der Waals surface area contributed by atoms with Gasteiger partial charge in [-0.25, -0.2) is 8.42 Å². The molecule has 2 aliphatic heterocycles. The maximum atomic E-state index is 14.9. The van der Waals surface area contributed by atoms with Gasteiger partial charge in [0.25, 0.3) is 5.91 Å². The minimum Gasteiger partial charge on any atom is -0.343 e. The summed E-state index contributed by atoms with van der Waals surface area (Å²) in [4.78, 5) is 57.6. The predicted octanol–water partition coefficient (Wildman–Crippen LogP) is 5.47. The summed E-state index contributed by atoms with van der Waals surface area (Å²) < 4.78 is 29.7. The molecule has 2 heterocycles. The Labute approximate surface area is 311 Å². The highest BCUT2D eigenvalue weighted by molar-refractivity contribution is 7.92. The van der Waals surface area contributed by atoms with Gasteiger partial charge in [0.2, 0.25) is 17.7 Å². The van der Waals surface area contributed by atoms with E-state index in [0.717, 1.165) is 25.7 Å². The van der Waals surface area contributed by atoms with Crippen LogP contribution in [0.5, 0.6) is 0 Å². The minimum atomic E-state index is -4.54. The van der Waals surface area contributed by atoms with Gasteiger partial charge in [0.15, 0.2) is 9.84 Å². The fraction of sp³-hybridized carbons (Fsp3) is 0.389. The molecule has 51 heavy (non-hydrogen) atoms. The fourth-order valence-corrected chi connectivity index (χ4v) is 9.91. The van der Waals surface area contributed by atoms with Crippen LogP contribution in [0, 0.1) is 5.92 Å². The van der Waals surface area contributed by atoms with Gasteiger partial charge < -0.3 is 20.4 Å². The number of anilines is 1. The number of amides is 4. The Balaban J connectivity index is 1.42. The number of benzene rings is 3. The number of hydrogen-bond acceptors (Lipinski definition) is 7. The first-order valence-electron chi connectivity index (χ1n) is 16.8. The van der Waals surface area contributed by atoms with Crippen LogP contribution in [0.15, 0.2) is 71.6 Å². The molecule has 1 saturated carbocycles. The third kappa shape index (κ3) is 7.61. The van der Waals surface area contributed by atoms with Crippen molar-refractivity contribution in [3.8, 4) is 0 Å². The lowest BCUT2D eigenvalue weighted by Crippen LogP contribution is -2.76. The second kappa shape index (κ2) is 15.1. The van der Waals surface area contributed by atoms with E-state index in [1.54, 1.807) is 29.2 Å². The van der Waals surface area contributed by atoms with E-state index in [2.05, 4.69) is 16.0 Å². The molecule has 3 N–H and O–H groups in total. The average molecular weight is 775 g/mol. The summed E-state index contributed by atoms with van der Waals surface area (Å²) in [6.07, 6.45) is 2.59. The van der Waals surface area contributed by atoms with E-state index in [0.29, 0.717) is 16.3 Å². The highest BCUT2D eigenvalue weighted by Crippen LogP contribution is 2.41. The molecular formula is C36H38Cl3N5O6S. The zero-order chi connectivity index (χ0) is 36.6. The van der Waals surface area contributed by atoms with Crippen molar-refractivity contribution in [2.45, 2.75) is 74.0 Å². The number of halogens is 3. The molecule has 15 heteroatoms. The molecule has 270 valence electrons. The van der Waals surface area contributed by atoms with Gasteiger partial charge in [-0.05, 0) is 86.8 Å². The van der Waals surface area contributed by atoms with Gasteiger partial charge in [-0.3, -0.25) is 24.5 Å². The minimum absolute atomic E-state index is 0.117. The standard InChI is InChI=1S/C36H38Cl3N5O6S/c1-20(2)43-19-30-40-18-28(42-34(46)22-5-3-4-6-22)35(47)44(30)31(36(43)48)32(51(49,50)29-16-13-25(38)17-27(29)39)21-9-14-26(15-10-21)41-33(45)23-7-11-24(37)12-8-23/h7-17,20,22,28,30-32,40H,3-6,18-19H2,1-2H3,(H,41,45)(H,42,46). The van der Waals surface area contributed by atoms with Crippen LogP contribution in [-0.2, 0) is 24.2 Å². The van der Waals surface area contributed by atoms with E-state index in [9.17, 15) is 27.6 Å². The quantitative estimate of drug-likeness (QED) is 0.262. The van der Waals surface area contributed by atoms with Crippen molar-refractivity contribution in [2.75, 3.05) is 18.4 Å². The zero-order valence-corrected chi connectivity index (χ0v) is 31.0. The highest BCUT2D eigenvalue weighted by atomic mass is 35.5. The van der Waals surface area contributed by atoms with Gasteiger partial charge in [-0.15, -0.1) is 0 Å². The molecule has 4 atom stereocenters. The third-order valence-electron chi connectivity index (χ3n) is 9.74. The summed E-state index contributed by atoms with van der Waals surface area (Å²) in [6, 6.07) is 13.5. The first kappa shape index (κ1) is 37.1. The number of carbonyl (C=O) groups is 4. The number of sulfone groups is 1. The molecule has 3 fully saturated rings. The Hall–Kier alpha value is -3.68. The number of fused-ring (bicyclic) bond motifs is 1. The van der Waals surface area contributed by atoms with E-state index in [-0.39, 0.29) is 51.5 Å². The molecule has 2 saturated heterocycles. The first-order valence-corrected chi connectivity index (χ1v) is 19.5. The van der Waals surface area contributed by atoms with Crippen LogP contribution in [0.2, 0.25) is 15.1 Å². The fourth-order valence-electron chi connectivity index (χ4n) is 7.09. The lowest BCUT2D eigenvalue weighted by molar-refractivity contribution is -0.164. The topological polar surface area (TPSA) is 145 Å². The van der Waals surface area contributed by atoms with Crippen LogP contribution >= 0.6 is 34.8 Å². The van der Waals surface area contributed by atoms with Crippen LogP contribution in [0.4, 0.5) is 5.69 Å². The van der Waals surface area contributed by atoms with Crippen molar-refractivity contribution in [2.24, 2.45) is 5.92 Å². The second-order valence-electron chi connectivity index (χ2n) is 13.4. The molecule has 0 radical (unpaired) electrons. The Bertz CT molecular complexity index is 1940. The van der Waals surface area contributed by atoms with Crippen molar-refractivity contribution >= 4 is 74.0 Å². The van der Waals surface area contributed by atoms with Crippen LogP contribution < -0.4 is 16.0 Å². The van der Waals surface area contributed by atoms with Gasteiger partial charge in [0.1, 0.15) is 23.5 Å². The van der Waals surface area contributed by atoms with Crippen molar-refractivity contribution in [1.29, 1.82) is 0 Å². The summed E-state index contributed by atoms with van der Waals surface area (Å²) in [5.41, 5.74) is 0.902. The lowest BCUT2D eigenvalue weighted by atomic mass is 9.95. The SMILES string of the molecule is CC(C)N1CC2NCC(NC(=O)C3CCCC3)C(=O)N2C(C(c2ccc(NC(=O)c3ccc(Cl)cc3)cc2)S(=O)(=O)c2ccc(Cl)cc2Cl)C1=O. The van der Waals surface area contributed by atoms with Crippen LogP contribution in [0.1, 0.15) is 60.7 Å². The molecule has 11 nitrogen and oxygen atoms in total. The molecule has 4 amide bonds. The van der Waals surface area contributed by atoms with E-state index in [4.69, 9.17) is 34.8 Å².